The summed E-state index contributed by atoms with van der Waals surface area (Å²) < 4.78 is 6.13. The molecule has 0 amide bonds. The molecule has 0 saturated heterocycles. The molecule has 1 nitrogen and oxygen atoms in total. The molecule has 0 heterocycles. The average molecular weight is 291 g/mol. The van der Waals surface area contributed by atoms with Crippen molar-refractivity contribution in [2.24, 2.45) is 11.8 Å². The fraction of sp³-hybridized carbons (Fsp3) is 0.556. The van der Waals surface area contributed by atoms with Crippen molar-refractivity contribution in [2.75, 3.05) is 5.88 Å². The highest BCUT2D eigenvalue weighted by atomic mass is 35.5. The van der Waals surface area contributed by atoms with Crippen molar-refractivity contribution in [3.05, 3.63) is 29.8 Å². The molecule has 3 unspecified atom stereocenters. The molecule has 20 heavy (non-hydrogen) atoms. The number of hydrogen-bond acceptors (Lipinski definition) is 1. The molecule has 1 aliphatic carbocycles. The maximum absolute atomic E-state index is 6.13. The monoisotopic (exact) mass is 290 g/mol. The Morgan fingerprint density at radius 2 is 2.10 bits per heavy atom. The third-order valence-corrected chi connectivity index (χ3v) is 4.33. The third-order valence-electron chi connectivity index (χ3n) is 4.14. The van der Waals surface area contributed by atoms with Gasteiger partial charge in [0.15, 0.2) is 0 Å². The third kappa shape index (κ3) is 4.46. The molecule has 0 spiro atoms. The largest absolute Gasteiger partial charge is 0.490 e. The van der Waals surface area contributed by atoms with Crippen LogP contribution in [0, 0.1) is 23.7 Å². The normalized spacial score (nSPS) is 25.6. The van der Waals surface area contributed by atoms with Crippen LogP contribution in [-0.2, 0) is 0 Å². The summed E-state index contributed by atoms with van der Waals surface area (Å²) >= 11 is 5.63. The molecule has 1 aliphatic rings. The van der Waals surface area contributed by atoms with Gasteiger partial charge in [-0.2, -0.15) is 0 Å². The summed E-state index contributed by atoms with van der Waals surface area (Å²) in [5.41, 5.74) is 1.00. The van der Waals surface area contributed by atoms with Crippen molar-refractivity contribution in [3.63, 3.8) is 0 Å². The minimum absolute atomic E-state index is 0.354. The summed E-state index contributed by atoms with van der Waals surface area (Å²) in [5.74, 6) is 9.28. The van der Waals surface area contributed by atoms with Gasteiger partial charge in [-0.1, -0.05) is 31.8 Å². The summed E-state index contributed by atoms with van der Waals surface area (Å²) in [5, 5.41) is 0. The van der Waals surface area contributed by atoms with Crippen molar-refractivity contribution in [1.29, 1.82) is 0 Å². The van der Waals surface area contributed by atoms with Crippen LogP contribution in [0.25, 0.3) is 0 Å². The first-order chi connectivity index (χ1) is 9.69. The molecule has 108 valence electrons. The van der Waals surface area contributed by atoms with E-state index < -0.39 is 0 Å². The predicted octanol–water partition coefficient (Wildman–Crippen LogP) is 4.87. The topological polar surface area (TPSA) is 9.23 Å². The Morgan fingerprint density at radius 3 is 2.85 bits per heavy atom. The van der Waals surface area contributed by atoms with Crippen molar-refractivity contribution < 1.29 is 4.74 Å². The molecule has 0 N–H and O–H groups in total. The Bertz CT molecular complexity index is 486. The molecule has 3 atom stereocenters. The highest BCUT2D eigenvalue weighted by Crippen LogP contribution is 2.31. The van der Waals surface area contributed by atoms with Gasteiger partial charge in [-0.05, 0) is 49.3 Å². The molecular weight excluding hydrogens is 268 g/mol. The number of hydrogen-bond donors (Lipinski definition) is 0. The van der Waals surface area contributed by atoms with Crippen LogP contribution >= 0.6 is 11.6 Å². The zero-order valence-electron chi connectivity index (χ0n) is 12.4. The maximum Gasteiger partial charge on any atom is 0.120 e. The van der Waals surface area contributed by atoms with Crippen molar-refractivity contribution in [2.45, 2.75) is 45.6 Å². The van der Waals surface area contributed by atoms with Gasteiger partial charge < -0.3 is 4.74 Å². The highest BCUT2D eigenvalue weighted by Gasteiger charge is 2.25. The van der Waals surface area contributed by atoms with Crippen LogP contribution in [0.5, 0.6) is 5.75 Å². The van der Waals surface area contributed by atoms with Crippen LogP contribution < -0.4 is 4.74 Å². The Hall–Kier alpha value is -1.13. The first-order valence-corrected chi connectivity index (χ1v) is 8.04. The molecule has 0 radical (unpaired) electrons. The Kier molecular flexibility index (Phi) is 5.80. The molecule has 1 saturated carbocycles. The summed E-state index contributed by atoms with van der Waals surface area (Å²) in [6.45, 7) is 4.67. The van der Waals surface area contributed by atoms with Crippen molar-refractivity contribution in [3.8, 4) is 17.6 Å². The molecular formula is C18H23ClO. The van der Waals surface area contributed by atoms with E-state index in [2.05, 4.69) is 25.7 Å². The van der Waals surface area contributed by atoms with Gasteiger partial charge in [0.25, 0.3) is 0 Å². The van der Waals surface area contributed by atoms with Gasteiger partial charge in [-0.3, -0.25) is 0 Å². The standard InChI is InChI=1S/C18H23ClO/c1-14-9-10-18(12-15(14)2)20-17-8-5-7-16(13-17)6-3-4-11-19/h5,7-8,13-15,18H,4,9-12H2,1-2H3. The van der Waals surface area contributed by atoms with Crippen LogP contribution in [0.1, 0.15) is 45.1 Å². The first kappa shape index (κ1) is 15.3. The summed E-state index contributed by atoms with van der Waals surface area (Å²) in [6.07, 6.45) is 4.66. The van der Waals surface area contributed by atoms with Crippen molar-refractivity contribution >= 4 is 11.6 Å². The Morgan fingerprint density at radius 1 is 1.25 bits per heavy atom. The minimum Gasteiger partial charge on any atom is -0.490 e. The lowest BCUT2D eigenvalue weighted by atomic mass is 9.80. The van der Waals surface area contributed by atoms with Gasteiger partial charge >= 0.3 is 0 Å². The van der Waals surface area contributed by atoms with E-state index >= 15 is 0 Å². The van der Waals surface area contributed by atoms with Crippen LogP contribution in [0.15, 0.2) is 24.3 Å². The van der Waals surface area contributed by atoms with Crippen LogP contribution in [0.2, 0.25) is 0 Å². The van der Waals surface area contributed by atoms with Gasteiger partial charge in [-0.25, -0.2) is 0 Å². The lowest BCUT2D eigenvalue weighted by Gasteiger charge is -2.32. The number of rotatable bonds is 3. The number of benzene rings is 1. The summed E-state index contributed by atoms with van der Waals surface area (Å²) in [7, 11) is 0. The fourth-order valence-corrected chi connectivity index (χ4v) is 2.75. The average Bonchev–Trinajstić information content (AvgIpc) is 2.44. The molecule has 2 heteroatoms. The number of ether oxygens (including phenoxy) is 1. The summed E-state index contributed by atoms with van der Waals surface area (Å²) in [4.78, 5) is 0. The van der Waals surface area contributed by atoms with E-state index in [4.69, 9.17) is 16.3 Å². The maximum atomic E-state index is 6.13. The number of halogens is 1. The van der Waals surface area contributed by atoms with E-state index in [-0.39, 0.29) is 0 Å². The molecule has 1 aromatic rings. The second-order valence-corrected chi connectivity index (χ2v) is 6.15. The molecule has 1 aromatic carbocycles. The second kappa shape index (κ2) is 7.60. The van der Waals surface area contributed by atoms with E-state index in [1.807, 2.05) is 24.3 Å². The second-order valence-electron chi connectivity index (χ2n) is 5.78. The van der Waals surface area contributed by atoms with Crippen LogP contribution in [0.3, 0.4) is 0 Å². The van der Waals surface area contributed by atoms with Crippen LogP contribution in [0.4, 0.5) is 0 Å². The van der Waals surface area contributed by atoms with Crippen molar-refractivity contribution in [1.82, 2.24) is 0 Å². The zero-order valence-corrected chi connectivity index (χ0v) is 13.1. The van der Waals surface area contributed by atoms with Gasteiger partial charge in [0, 0.05) is 17.9 Å². The SMILES string of the molecule is CC1CCC(Oc2cccc(C#CCCCl)c2)CC1C. The molecule has 2 rings (SSSR count). The summed E-state index contributed by atoms with van der Waals surface area (Å²) in [6, 6.07) is 8.08. The molecule has 0 bridgehead atoms. The smallest absolute Gasteiger partial charge is 0.120 e. The van der Waals surface area contributed by atoms with E-state index in [1.54, 1.807) is 0 Å². The number of alkyl halides is 1. The van der Waals surface area contributed by atoms with Gasteiger partial charge in [0.2, 0.25) is 0 Å². The zero-order chi connectivity index (χ0) is 14.4. The molecule has 0 aliphatic heterocycles. The molecule has 1 fully saturated rings. The Balaban J connectivity index is 1.96. The lowest BCUT2D eigenvalue weighted by molar-refractivity contribution is 0.101. The predicted molar refractivity (Wildman–Crippen MR) is 85.3 cm³/mol. The van der Waals surface area contributed by atoms with E-state index in [0.717, 1.165) is 42.4 Å². The van der Waals surface area contributed by atoms with E-state index in [0.29, 0.717) is 12.0 Å². The minimum atomic E-state index is 0.354. The first-order valence-electron chi connectivity index (χ1n) is 7.50. The van der Waals surface area contributed by atoms with E-state index in [9.17, 15) is 0 Å². The lowest BCUT2D eigenvalue weighted by Crippen LogP contribution is -2.28. The van der Waals surface area contributed by atoms with Gasteiger partial charge in [-0.15, -0.1) is 11.6 Å². The van der Waals surface area contributed by atoms with Crippen LogP contribution in [-0.4, -0.2) is 12.0 Å². The van der Waals surface area contributed by atoms with E-state index in [1.165, 1.54) is 6.42 Å². The van der Waals surface area contributed by atoms with Gasteiger partial charge in [0.1, 0.15) is 5.75 Å². The fourth-order valence-electron chi connectivity index (χ4n) is 2.66. The quantitative estimate of drug-likeness (QED) is 0.570. The molecule has 0 aromatic heterocycles. The Labute approximate surface area is 127 Å². The van der Waals surface area contributed by atoms with Gasteiger partial charge in [0.05, 0.1) is 6.10 Å². The highest BCUT2D eigenvalue weighted by molar-refractivity contribution is 6.18.